The minimum Gasteiger partial charge on any atom is -0.493 e. The van der Waals surface area contributed by atoms with Crippen LogP contribution in [0.3, 0.4) is 0 Å². The summed E-state index contributed by atoms with van der Waals surface area (Å²) in [6, 6.07) is 9.43. The summed E-state index contributed by atoms with van der Waals surface area (Å²) in [5.74, 6) is -0.112. The monoisotopic (exact) mass is 410 g/mol. The molecule has 2 N–H and O–H groups in total. The summed E-state index contributed by atoms with van der Waals surface area (Å²) in [5, 5.41) is 0.512. The first-order chi connectivity index (χ1) is 12.8. The van der Waals surface area contributed by atoms with Crippen molar-refractivity contribution in [1.82, 2.24) is 10.9 Å². The molecule has 0 fully saturated rings. The number of hydrazine groups is 1. The first-order valence-corrected chi connectivity index (χ1v) is 8.94. The minimum absolute atomic E-state index is 0.202. The van der Waals surface area contributed by atoms with E-state index in [2.05, 4.69) is 10.9 Å². The quantitative estimate of drug-likeness (QED) is 0.702. The predicted octanol–water partition coefficient (Wildman–Crippen LogP) is 4.11. The maximum Gasteiger partial charge on any atom is 0.271 e. The Kier molecular flexibility index (Phi) is 7.33. The maximum atomic E-state index is 12.3. The normalized spacial score (nSPS) is 10.4. The average Bonchev–Trinajstić information content (AvgIpc) is 2.64. The Morgan fingerprint density at radius 2 is 1.70 bits per heavy atom. The second-order valence-electron chi connectivity index (χ2n) is 6.08. The fourth-order valence-electron chi connectivity index (χ4n) is 2.14. The van der Waals surface area contributed by atoms with Gasteiger partial charge in [0.2, 0.25) is 0 Å². The molecule has 2 rings (SSSR count). The summed E-state index contributed by atoms with van der Waals surface area (Å²) in [7, 11) is 1.45. The fraction of sp³-hybridized carbons (Fsp3) is 0.263. The molecular weight excluding hydrogens is 391 g/mol. The number of nitrogens with one attached hydrogen (secondary N) is 2. The van der Waals surface area contributed by atoms with Crippen molar-refractivity contribution in [3.05, 3.63) is 57.6 Å². The number of hydrogen-bond acceptors (Lipinski definition) is 4. The van der Waals surface area contributed by atoms with E-state index in [1.165, 1.54) is 19.2 Å². The topological polar surface area (TPSA) is 76.7 Å². The Morgan fingerprint density at radius 1 is 1.04 bits per heavy atom. The smallest absolute Gasteiger partial charge is 0.271 e. The number of halogens is 2. The van der Waals surface area contributed by atoms with E-state index in [-0.39, 0.29) is 21.2 Å². The van der Waals surface area contributed by atoms with E-state index in [4.69, 9.17) is 32.7 Å². The highest BCUT2D eigenvalue weighted by Crippen LogP contribution is 2.36. The van der Waals surface area contributed by atoms with Crippen LogP contribution in [0.2, 0.25) is 10.0 Å². The molecule has 0 spiro atoms. The first kappa shape index (κ1) is 20.9. The van der Waals surface area contributed by atoms with Gasteiger partial charge in [-0.25, -0.2) is 0 Å². The third-order valence-corrected chi connectivity index (χ3v) is 4.07. The van der Waals surface area contributed by atoms with Crippen molar-refractivity contribution < 1.29 is 19.1 Å². The number of carbonyl (C=O) groups excluding carboxylic acids is 2. The van der Waals surface area contributed by atoms with Crippen LogP contribution in [0.5, 0.6) is 11.5 Å². The van der Waals surface area contributed by atoms with E-state index >= 15 is 0 Å². The molecule has 0 atom stereocenters. The molecule has 8 heteroatoms. The summed E-state index contributed by atoms with van der Waals surface area (Å²) in [5.41, 5.74) is 5.08. The molecule has 0 aromatic heterocycles. The van der Waals surface area contributed by atoms with Crippen LogP contribution in [0.1, 0.15) is 34.6 Å². The molecular formula is C19H20Cl2N2O4. The van der Waals surface area contributed by atoms with Gasteiger partial charge in [-0.1, -0.05) is 49.2 Å². The van der Waals surface area contributed by atoms with Gasteiger partial charge in [-0.2, -0.15) is 0 Å². The standard InChI is InChI=1S/C19H20Cl2N2O4/c1-11(2)10-27-17-15(21)8-12(9-16(17)26-3)18(24)22-23-19(25)13-6-4-5-7-14(13)20/h4-9,11H,10H2,1-3H3,(H,22,24)(H,23,25). The molecule has 0 unspecified atom stereocenters. The van der Waals surface area contributed by atoms with Gasteiger partial charge < -0.3 is 9.47 Å². The van der Waals surface area contributed by atoms with Crippen molar-refractivity contribution in [2.75, 3.05) is 13.7 Å². The lowest BCUT2D eigenvalue weighted by atomic mass is 10.2. The molecule has 0 saturated carbocycles. The highest BCUT2D eigenvalue weighted by atomic mass is 35.5. The summed E-state index contributed by atoms with van der Waals surface area (Å²) in [6.45, 7) is 4.46. The lowest BCUT2D eigenvalue weighted by Crippen LogP contribution is -2.41. The largest absolute Gasteiger partial charge is 0.493 e. The fourth-order valence-corrected chi connectivity index (χ4v) is 2.63. The number of amides is 2. The Morgan fingerprint density at radius 3 is 2.33 bits per heavy atom. The maximum absolute atomic E-state index is 12.3. The summed E-state index contributed by atoms with van der Waals surface area (Å²) in [6.07, 6.45) is 0. The van der Waals surface area contributed by atoms with Crippen molar-refractivity contribution >= 4 is 35.0 Å². The molecule has 2 aromatic rings. The average molecular weight is 411 g/mol. The zero-order valence-corrected chi connectivity index (χ0v) is 16.6. The molecule has 0 aliphatic heterocycles. The second kappa shape index (κ2) is 9.48. The lowest BCUT2D eigenvalue weighted by molar-refractivity contribution is 0.0846. The number of rotatable bonds is 6. The van der Waals surface area contributed by atoms with Crippen LogP contribution in [-0.4, -0.2) is 25.5 Å². The van der Waals surface area contributed by atoms with Gasteiger partial charge in [-0.3, -0.25) is 20.4 Å². The first-order valence-electron chi connectivity index (χ1n) is 8.19. The van der Waals surface area contributed by atoms with E-state index < -0.39 is 11.8 Å². The molecule has 0 radical (unpaired) electrons. The van der Waals surface area contributed by atoms with Gasteiger partial charge in [-0.05, 0) is 30.2 Å². The highest BCUT2D eigenvalue weighted by Gasteiger charge is 2.17. The van der Waals surface area contributed by atoms with Gasteiger partial charge in [0.25, 0.3) is 11.8 Å². The highest BCUT2D eigenvalue weighted by molar-refractivity contribution is 6.34. The minimum atomic E-state index is -0.564. The molecule has 0 saturated heterocycles. The number of methoxy groups -OCH3 is 1. The van der Waals surface area contributed by atoms with Crippen molar-refractivity contribution in [3.63, 3.8) is 0 Å². The summed E-state index contributed by atoms with van der Waals surface area (Å²) >= 11 is 12.2. The lowest BCUT2D eigenvalue weighted by Gasteiger charge is -2.15. The van der Waals surface area contributed by atoms with Crippen molar-refractivity contribution in [2.24, 2.45) is 5.92 Å². The Hall–Kier alpha value is -2.44. The summed E-state index contributed by atoms with van der Waals surface area (Å²) < 4.78 is 10.9. The van der Waals surface area contributed by atoms with Crippen LogP contribution in [0, 0.1) is 5.92 Å². The van der Waals surface area contributed by atoms with E-state index in [0.717, 1.165) is 0 Å². The number of carbonyl (C=O) groups is 2. The van der Waals surface area contributed by atoms with E-state index in [9.17, 15) is 9.59 Å². The third kappa shape index (κ3) is 5.52. The predicted molar refractivity (Wildman–Crippen MR) is 105 cm³/mol. The molecule has 2 amide bonds. The van der Waals surface area contributed by atoms with Gasteiger partial charge >= 0.3 is 0 Å². The number of ether oxygens (including phenoxy) is 2. The van der Waals surface area contributed by atoms with E-state index in [1.807, 2.05) is 13.8 Å². The van der Waals surface area contributed by atoms with Crippen LogP contribution in [0.4, 0.5) is 0 Å². The van der Waals surface area contributed by atoms with Crippen LogP contribution in [0.25, 0.3) is 0 Å². The SMILES string of the molecule is COc1cc(C(=O)NNC(=O)c2ccccc2Cl)cc(Cl)c1OCC(C)C. The van der Waals surface area contributed by atoms with E-state index in [0.29, 0.717) is 24.0 Å². The molecule has 0 heterocycles. The second-order valence-corrected chi connectivity index (χ2v) is 6.90. The molecule has 144 valence electrons. The van der Waals surface area contributed by atoms with Gasteiger partial charge in [-0.15, -0.1) is 0 Å². The third-order valence-electron chi connectivity index (χ3n) is 3.46. The Balaban J connectivity index is 2.11. The molecule has 0 bridgehead atoms. The van der Waals surface area contributed by atoms with Gasteiger partial charge in [0, 0.05) is 5.56 Å². The number of benzene rings is 2. The molecule has 27 heavy (non-hydrogen) atoms. The Bertz CT molecular complexity index is 840. The van der Waals surface area contributed by atoms with Gasteiger partial charge in [0.05, 0.1) is 29.3 Å². The molecule has 0 aliphatic rings. The number of hydrogen-bond donors (Lipinski definition) is 2. The van der Waals surface area contributed by atoms with Gasteiger partial charge in [0.15, 0.2) is 11.5 Å². The van der Waals surface area contributed by atoms with Crippen LogP contribution >= 0.6 is 23.2 Å². The zero-order chi connectivity index (χ0) is 20.0. The van der Waals surface area contributed by atoms with Crippen LogP contribution in [0.15, 0.2) is 36.4 Å². The van der Waals surface area contributed by atoms with E-state index in [1.54, 1.807) is 24.3 Å². The van der Waals surface area contributed by atoms with Crippen molar-refractivity contribution in [3.8, 4) is 11.5 Å². The van der Waals surface area contributed by atoms with Crippen LogP contribution < -0.4 is 20.3 Å². The van der Waals surface area contributed by atoms with Gasteiger partial charge in [0.1, 0.15) is 0 Å². The molecule has 2 aromatic carbocycles. The van der Waals surface area contributed by atoms with Crippen LogP contribution in [-0.2, 0) is 0 Å². The molecule has 0 aliphatic carbocycles. The molecule has 6 nitrogen and oxygen atoms in total. The van der Waals surface area contributed by atoms with Crippen molar-refractivity contribution in [1.29, 1.82) is 0 Å². The summed E-state index contributed by atoms with van der Waals surface area (Å²) in [4.78, 5) is 24.5. The zero-order valence-electron chi connectivity index (χ0n) is 15.1. The Labute approximate surface area is 167 Å². The van der Waals surface area contributed by atoms with Crippen molar-refractivity contribution in [2.45, 2.75) is 13.8 Å².